The minimum absolute atomic E-state index is 0.116. The van der Waals surface area contributed by atoms with E-state index in [0.717, 1.165) is 17.8 Å². The molecule has 0 saturated heterocycles. The summed E-state index contributed by atoms with van der Waals surface area (Å²) < 4.78 is 10.7. The molecule has 3 aromatic rings. The van der Waals surface area contributed by atoms with Crippen LogP contribution >= 0.6 is 0 Å². The highest BCUT2D eigenvalue weighted by Gasteiger charge is 2.11. The van der Waals surface area contributed by atoms with Crippen LogP contribution in [-0.2, 0) is 9.53 Å². The third-order valence-electron chi connectivity index (χ3n) is 5.50. The first-order valence-electron chi connectivity index (χ1n) is 11.9. The number of anilines is 2. The number of azo groups is 1. The molecule has 8 heteroatoms. The number of nitrogens with one attached hydrogen (secondary N) is 1. The van der Waals surface area contributed by atoms with Crippen molar-refractivity contribution in [2.75, 3.05) is 37.5 Å². The van der Waals surface area contributed by atoms with E-state index in [-0.39, 0.29) is 31.0 Å². The van der Waals surface area contributed by atoms with Gasteiger partial charge in [-0.2, -0.15) is 10.2 Å². The van der Waals surface area contributed by atoms with Gasteiger partial charge in [0.25, 0.3) is 5.91 Å². The molecule has 36 heavy (non-hydrogen) atoms. The maximum absolute atomic E-state index is 12.6. The second-order valence-electron chi connectivity index (χ2n) is 8.46. The SMILES string of the molecule is CC[C@@H](C)C(=O)OCCOc1ccc(C(=O)Nc2ccc(/N=N/c3ccc(N(C)C)cc3)cc2)cc1. The minimum Gasteiger partial charge on any atom is -0.490 e. The zero-order valence-corrected chi connectivity index (χ0v) is 21.1. The molecule has 188 valence electrons. The van der Waals surface area contributed by atoms with Crippen molar-refractivity contribution in [2.24, 2.45) is 16.1 Å². The van der Waals surface area contributed by atoms with Gasteiger partial charge in [-0.25, -0.2) is 0 Å². The summed E-state index contributed by atoms with van der Waals surface area (Å²) >= 11 is 0. The average Bonchev–Trinajstić information content (AvgIpc) is 2.90. The lowest BCUT2D eigenvalue weighted by atomic mass is 10.1. The van der Waals surface area contributed by atoms with Gasteiger partial charge in [-0.05, 0) is 79.2 Å². The molecule has 0 aliphatic heterocycles. The molecule has 0 saturated carbocycles. The van der Waals surface area contributed by atoms with Gasteiger partial charge in [-0.1, -0.05) is 13.8 Å². The normalized spacial score (nSPS) is 11.7. The van der Waals surface area contributed by atoms with Crippen molar-refractivity contribution in [2.45, 2.75) is 20.3 Å². The molecule has 0 unspecified atom stereocenters. The van der Waals surface area contributed by atoms with Gasteiger partial charge in [0, 0.05) is 31.0 Å². The quantitative estimate of drug-likeness (QED) is 0.192. The Balaban J connectivity index is 1.47. The zero-order valence-electron chi connectivity index (χ0n) is 21.1. The van der Waals surface area contributed by atoms with E-state index in [1.165, 1.54) is 0 Å². The standard InChI is InChI=1S/C28H32N4O4/c1-5-20(2)28(34)36-19-18-35-26-16-6-21(7-17-26)27(33)29-22-8-10-23(11-9-22)30-31-24-12-14-25(15-13-24)32(3)4/h6-17,20H,5,18-19H2,1-4H3,(H,29,33)/b31-30+/t20-/m1/s1. The van der Waals surface area contributed by atoms with Crippen LogP contribution in [0.1, 0.15) is 30.6 Å². The topological polar surface area (TPSA) is 92.6 Å². The third kappa shape index (κ3) is 7.94. The Morgan fingerprint density at radius 3 is 2.00 bits per heavy atom. The number of hydrogen-bond acceptors (Lipinski definition) is 7. The van der Waals surface area contributed by atoms with Crippen molar-refractivity contribution in [3.05, 3.63) is 78.4 Å². The van der Waals surface area contributed by atoms with Crippen molar-refractivity contribution in [3.63, 3.8) is 0 Å². The van der Waals surface area contributed by atoms with Crippen molar-refractivity contribution < 1.29 is 19.1 Å². The Bertz CT molecular complexity index is 1160. The third-order valence-corrected chi connectivity index (χ3v) is 5.50. The van der Waals surface area contributed by atoms with Crippen LogP contribution < -0.4 is 15.0 Å². The summed E-state index contributed by atoms with van der Waals surface area (Å²) in [5.74, 6) is 0.0188. The fraction of sp³-hybridized carbons (Fsp3) is 0.286. The van der Waals surface area contributed by atoms with Gasteiger partial charge >= 0.3 is 5.97 Å². The number of amides is 1. The van der Waals surface area contributed by atoms with Crippen LogP contribution in [0, 0.1) is 5.92 Å². The van der Waals surface area contributed by atoms with E-state index < -0.39 is 0 Å². The van der Waals surface area contributed by atoms with Crippen molar-refractivity contribution >= 4 is 34.6 Å². The van der Waals surface area contributed by atoms with Gasteiger partial charge in [0.05, 0.1) is 17.3 Å². The van der Waals surface area contributed by atoms with Gasteiger partial charge in [0.2, 0.25) is 0 Å². The van der Waals surface area contributed by atoms with Crippen LogP contribution in [0.25, 0.3) is 0 Å². The van der Waals surface area contributed by atoms with Crippen LogP contribution in [0.15, 0.2) is 83.0 Å². The first-order chi connectivity index (χ1) is 17.4. The van der Waals surface area contributed by atoms with Crippen LogP contribution in [0.2, 0.25) is 0 Å². The first kappa shape index (κ1) is 26.4. The molecule has 0 aliphatic carbocycles. The van der Waals surface area contributed by atoms with E-state index in [9.17, 15) is 9.59 Å². The molecule has 3 rings (SSSR count). The Kier molecular flexibility index (Phi) is 9.56. The fourth-order valence-electron chi connectivity index (χ4n) is 3.06. The fourth-order valence-corrected chi connectivity index (χ4v) is 3.06. The Labute approximate surface area is 212 Å². The van der Waals surface area contributed by atoms with E-state index in [2.05, 4.69) is 15.5 Å². The van der Waals surface area contributed by atoms with Crippen LogP contribution in [0.4, 0.5) is 22.7 Å². The molecule has 1 amide bonds. The number of carbonyl (C=O) groups excluding carboxylic acids is 2. The van der Waals surface area contributed by atoms with E-state index in [1.807, 2.05) is 57.1 Å². The summed E-state index contributed by atoms with van der Waals surface area (Å²) in [6.45, 7) is 4.20. The van der Waals surface area contributed by atoms with E-state index in [0.29, 0.717) is 22.7 Å². The molecule has 3 aromatic carbocycles. The van der Waals surface area contributed by atoms with Crippen molar-refractivity contribution in [3.8, 4) is 5.75 Å². The summed E-state index contributed by atoms with van der Waals surface area (Å²) in [5, 5.41) is 11.4. The van der Waals surface area contributed by atoms with Gasteiger partial charge in [0.15, 0.2) is 0 Å². The maximum atomic E-state index is 12.6. The molecule has 0 bridgehead atoms. The van der Waals surface area contributed by atoms with Crippen molar-refractivity contribution in [1.29, 1.82) is 0 Å². The predicted molar refractivity (Wildman–Crippen MR) is 142 cm³/mol. The number of nitrogens with zero attached hydrogens (tertiary/aromatic N) is 3. The smallest absolute Gasteiger partial charge is 0.308 e. The van der Waals surface area contributed by atoms with Gasteiger partial charge in [0.1, 0.15) is 19.0 Å². The average molecular weight is 489 g/mol. The second-order valence-corrected chi connectivity index (χ2v) is 8.46. The molecule has 0 aliphatic rings. The Morgan fingerprint density at radius 2 is 1.44 bits per heavy atom. The van der Waals surface area contributed by atoms with E-state index in [4.69, 9.17) is 9.47 Å². The lowest BCUT2D eigenvalue weighted by Crippen LogP contribution is -2.17. The molecule has 0 radical (unpaired) electrons. The minimum atomic E-state index is -0.237. The summed E-state index contributed by atoms with van der Waals surface area (Å²) in [7, 11) is 3.97. The Hall–Kier alpha value is -4.20. The summed E-state index contributed by atoms with van der Waals surface area (Å²) in [4.78, 5) is 26.3. The number of ether oxygens (including phenoxy) is 2. The van der Waals surface area contributed by atoms with E-state index >= 15 is 0 Å². The molecule has 1 N–H and O–H groups in total. The summed E-state index contributed by atoms with van der Waals surface area (Å²) in [6, 6.07) is 21.7. The second kappa shape index (κ2) is 13.0. The molecular weight excluding hydrogens is 456 g/mol. The van der Waals surface area contributed by atoms with Gasteiger partial charge < -0.3 is 19.7 Å². The van der Waals surface area contributed by atoms with Gasteiger partial charge in [-0.15, -0.1) is 0 Å². The van der Waals surface area contributed by atoms with Crippen molar-refractivity contribution in [1.82, 2.24) is 0 Å². The molecule has 0 spiro atoms. The predicted octanol–water partition coefficient (Wildman–Crippen LogP) is 6.39. The number of hydrogen-bond donors (Lipinski definition) is 1. The van der Waals surface area contributed by atoms with Crippen LogP contribution in [-0.4, -0.2) is 39.2 Å². The number of esters is 1. The van der Waals surface area contributed by atoms with Gasteiger partial charge in [-0.3, -0.25) is 9.59 Å². The monoisotopic (exact) mass is 488 g/mol. The summed E-state index contributed by atoms with van der Waals surface area (Å²) in [6.07, 6.45) is 0.741. The molecule has 0 heterocycles. The first-order valence-corrected chi connectivity index (χ1v) is 11.9. The maximum Gasteiger partial charge on any atom is 0.308 e. The largest absolute Gasteiger partial charge is 0.490 e. The zero-order chi connectivity index (χ0) is 25.9. The number of carbonyl (C=O) groups is 2. The molecule has 8 nitrogen and oxygen atoms in total. The highest BCUT2D eigenvalue weighted by atomic mass is 16.6. The lowest BCUT2D eigenvalue weighted by Gasteiger charge is -2.11. The van der Waals surface area contributed by atoms with Crippen LogP contribution in [0.3, 0.4) is 0 Å². The highest BCUT2D eigenvalue weighted by molar-refractivity contribution is 6.04. The number of rotatable bonds is 11. The number of benzene rings is 3. The Morgan fingerprint density at radius 1 is 0.861 bits per heavy atom. The molecule has 0 fully saturated rings. The lowest BCUT2D eigenvalue weighted by molar-refractivity contribution is -0.148. The molecular formula is C28H32N4O4. The highest BCUT2D eigenvalue weighted by Crippen LogP contribution is 2.23. The molecule has 0 aromatic heterocycles. The molecule has 1 atom stereocenters. The van der Waals surface area contributed by atoms with E-state index in [1.54, 1.807) is 48.5 Å². The summed E-state index contributed by atoms with van der Waals surface area (Å²) in [5.41, 5.74) is 3.68. The van der Waals surface area contributed by atoms with Crippen LogP contribution in [0.5, 0.6) is 5.75 Å².